The third kappa shape index (κ3) is 2.69. The minimum Gasteiger partial charge on any atom is -0.386 e. The van der Waals surface area contributed by atoms with E-state index in [2.05, 4.69) is 20.9 Å². The Labute approximate surface area is 119 Å². The average molecular weight is 317 g/mol. The van der Waals surface area contributed by atoms with E-state index in [1.165, 1.54) is 0 Å². The molecule has 3 rings (SSSR count). The molecule has 0 saturated heterocycles. The predicted molar refractivity (Wildman–Crippen MR) is 78.0 cm³/mol. The summed E-state index contributed by atoms with van der Waals surface area (Å²) in [6.07, 6.45) is 3.77. The lowest BCUT2D eigenvalue weighted by molar-refractivity contribution is 0.174. The Morgan fingerprint density at radius 1 is 1.21 bits per heavy atom. The van der Waals surface area contributed by atoms with Gasteiger partial charge in [-0.1, -0.05) is 34.1 Å². The molecule has 2 aromatic heterocycles. The molecule has 0 aliphatic heterocycles. The van der Waals surface area contributed by atoms with E-state index in [1.54, 1.807) is 0 Å². The van der Waals surface area contributed by atoms with Crippen LogP contribution in [0.2, 0.25) is 0 Å². The number of fused-ring (bicyclic) bond motifs is 1. The topological polar surface area (TPSA) is 37.5 Å². The van der Waals surface area contributed by atoms with Crippen molar-refractivity contribution in [3.8, 4) is 0 Å². The van der Waals surface area contributed by atoms with Crippen molar-refractivity contribution in [1.29, 1.82) is 0 Å². The molecule has 3 aromatic rings. The molecule has 0 aliphatic rings. The first kappa shape index (κ1) is 12.4. The quantitative estimate of drug-likeness (QED) is 0.804. The summed E-state index contributed by atoms with van der Waals surface area (Å²) >= 11 is 3.44. The second-order valence-corrected chi connectivity index (χ2v) is 5.40. The van der Waals surface area contributed by atoms with Crippen molar-refractivity contribution in [2.75, 3.05) is 0 Å². The van der Waals surface area contributed by atoms with Gasteiger partial charge < -0.3 is 9.51 Å². The summed E-state index contributed by atoms with van der Waals surface area (Å²) in [5, 5.41) is 10.3. The molecule has 3 nitrogen and oxygen atoms in total. The largest absolute Gasteiger partial charge is 0.386 e. The van der Waals surface area contributed by atoms with Crippen LogP contribution in [0, 0.1) is 0 Å². The van der Waals surface area contributed by atoms with Crippen molar-refractivity contribution < 1.29 is 5.11 Å². The Kier molecular flexibility index (Phi) is 3.36. The Balaban J connectivity index is 1.85. The zero-order valence-corrected chi connectivity index (χ0v) is 11.8. The fourth-order valence-corrected chi connectivity index (χ4v) is 2.55. The minimum absolute atomic E-state index is 0.559. The number of aliphatic hydroxyl groups excluding tert-OH is 1. The van der Waals surface area contributed by atoms with Gasteiger partial charge in [0.25, 0.3) is 0 Å². The van der Waals surface area contributed by atoms with Gasteiger partial charge in [-0.15, -0.1) is 0 Å². The van der Waals surface area contributed by atoms with Gasteiger partial charge in [-0.05, 0) is 29.8 Å². The van der Waals surface area contributed by atoms with Crippen molar-refractivity contribution in [3.63, 3.8) is 0 Å². The van der Waals surface area contributed by atoms with Crippen molar-refractivity contribution in [3.05, 3.63) is 70.6 Å². The van der Waals surface area contributed by atoms with Crippen LogP contribution in [0.1, 0.15) is 17.4 Å². The molecular formula is C15H13BrN2O. The van der Waals surface area contributed by atoms with Crippen LogP contribution in [0.25, 0.3) is 5.65 Å². The summed E-state index contributed by atoms with van der Waals surface area (Å²) in [6.45, 7) is 0. The van der Waals surface area contributed by atoms with Crippen LogP contribution in [0.5, 0.6) is 0 Å². The van der Waals surface area contributed by atoms with Gasteiger partial charge in [0.15, 0.2) is 0 Å². The molecule has 1 N–H and O–H groups in total. The first-order valence-electron chi connectivity index (χ1n) is 6.08. The number of rotatable bonds is 3. The minimum atomic E-state index is -0.589. The SMILES string of the molecule is OC(Cc1cccc(Br)c1)c1cn2ccccc2n1. The summed E-state index contributed by atoms with van der Waals surface area (Å²) < 4.78 is 2.94. The third-order valence-electron chi connectivity index (χ3n) is 3.04. The van der Waals surface area contributed by atoms with E-state index in [9.17, 15) is 5.11 Å². The van der Waals surface area contributed by atoms with Gasteiger partial charge in [0, 0.05) is 23.3 Å². The van der Waals surface area contributed by atoms with Gasteiger partial charge in [0.05, 0.1) is 5.69 Å². The van der Waals surface area contributed by atoms with Gasteiger partial charge in [0.1, 0.15) is 11.8 Å². The molecule has 0 radical (unpaired) electrons. The zero-order valence-electron chi connectivity index (χ0n) is 10.2. The molecule has 1 atom stereocenters. The fourth-order valence-electron chi connectivity index (χ4n) is 2.11. The second kappa shape index (κ2) is 5.15. The maximum Gasteiger partial charge on any atom is 0.137 e. The summed E-state index contributed by atoms with van der Waals surface area (Å²) in [7, 11) is 0. The zero-order chi connectivity index (χ0) is 13.2. The number of aromatic nitrogens is 2. The third-order valence-corrected chi connectivity index (χ3v) is 3.54. The lowest BCUT2D eigenvalue weighted by atomic mass is 10.1. The van der Waals surface area contributed by atoms with Gasteiger partial charge >= 0.3 is 0 Å². The lowest BCUT2D eigenvalue weighted by Gasteiger charge is -2.07. The fraction of sp³-hybridized carbons (Fsp3) is 0.133. The molecule has 4 heteroatoms. The van der Waals surface area contributed by atoms with E-state index in [1.807, 2.05) is 59.3 Å². The van der Waals surface area contributed by atoms with Crippen LogP contribution in [0.4, 0.5) is 0 Å². The molecule has 1 unspecified atom stereocenters. The number of benzene rings is 1. The van der Waals surface area contributed by atoms with Gasteiger partial charge in [-0.3, -0.25) is 0 Å². The van der Waals surface area contributed by atoms with E-state index in [0.29, 0.717) is 12.1 Å². The molecule has 0 saturated carbocycles. The van der Waals surface area contributed by atoms with E-state index >= 15 is 0 Å². The van der Waals surface area contributed by atoms with Crippen LogP contribution in [0.15, 0.2) is 59.3 Å². The van der Waals surface area contributed by atoms with E-state index in [-0.39, 0.29) is 0 Å². The van der Waals surface area contributed by atoms with Crippen LogP contribution in [-0.2, 0) is 6.42 Å². The molecule has 0 amide bonds. The van der Waals surface area contributed by atoms with E-state index in [0.717, 1.165) is 15.7 Å². The molecule has 0 bridgehead atoms. The number of aliphatic hydroxyl groups is 1. The summed E-state index contributed by atoms with van der Waals surface area (Å²) in [6, 6.07) is 13.8. The first-order chi connectivity index (χ1) is 9.22. The number of hydrogen-bond acceptors (Lipinski definition) is 2. The molecule has 96 valence electrons. The van der Waals surface area contributed by atoms with Crippen LogP contribution in [-0.4, -0.2) is 14.5 Å². The Hall–Kier alpha value is -1.65. The molecular weight excluding hydrogens is 304 g/mol. The highest BCUT2D eigenvalue weighted by Crippen LogP contribution is 2.20. The lowest BCUT2D eigenvalue weighted by Crippen LogP contribution is -2.02. The Morgan fingerprint density at radius 2 is 2.11 bits per heavy atom. The van der Waals surface area contributed by atoms with Crippen molar-refractivity contribution in [2.24, 2.45) is 0 Å². The normalized spacial score (nSPS) is 12.7. The second-order valence-electron chi connectivity index (χ2n) is 4.48. The van der Waals surface area contributed by atoms with Gasteiger partial charge in [-0.2, -0.15) is 0 Å². The van der Waals surface area contributed by atoms with Crippen LogP contribution in [0.3, 0.4) is 0 Å². The predicted octanol–water partition coefficient (Wildman–Crippen LogP) is 3.37. The van der Waals surface area contributed by atoms with Gasteiger partial charge in [-0.25, -0.2) is 4.98 Å². The highest BCUT2D eigenvalue weighted by Gasteiger charge is 2.12. The van der Waals surface area contributed by atoms with E-state index < -0.39 is 6.10 Å². The summed E-state index contributed by atoms with van der Waals surface area (Å²) in [4.78, 5) is 4.43. The van der Waals surface area contributed by atoms with Crippen LogP contribution < -0.4 is 0 Å². The maximum atomic E-state index is 10.3. The molecule has 0 fully saturated rings. The van der Waals surface area contributed by atoms with Crippen molar-refractivity contribution in [2.45, 2.75) is 12.5 Å². The van der Waals surface area contributed by atoms with Gasteiger partial charge in [0.2, 0.25) is 0 Å². The summed E-state index contributed by atoms with van der Waals surface area (Å²) in [5.41, 5.74) is 2.64. The number of pyridine rings is 1. The van der Waals surface area contributed by atoms with E-state index in [4.69, 9.17) is 0 Å². The van der Waals surface area contributed by atoms with Crippen molar-refractivity contribution >= 4 is 21.6 Å². The number of nitrogens with zero attached hydrogens (tertiary/aromatic N) is 2. The molecule has 0 aliphatic carbocycles. The smallest absolute Gasteiger partial charge is 0.137 e. The maximum absolute atomic E-state index is 10.3. The standard InChI is InChI=1S/C15H13BrN2O/c16-12-5-3-4-11(8-12)9-14(19)13-10-18-7-2-1-6-15(18)17-13/h1-8,10,14,19H,9H2. The number of imidazole rings is 1. The number of hydrogen-bond donors (Lipinski definition) is 1. The highest BCUT2D eigenvalue weighted by atomic mass is 79.9. The van der Waals surface area contributed by atoms with Crippen LogP contribution >= 0.6 is 15.9 Å². The van der Waals surface area contributed by atoms with Crippen molar-refractivity contribution in [1.82, 2.24) is 9.38 Å². The monoisotopic (exact) mass is 316 g/mol. The molecule has 19 heavy (non-hydrogen) atoms. The average Bonchev–Trinajstić information content (AvgIpc) is 2.82. The molecule has 0 spiro atoms. The molecule has 1 aromatic carbocycles. The highest BCUT2D eigenvalue weighted by molar-refractivity contribution is 9.10. The first-order valence-corrected chi connectivity index (χ1v) is 6.88. The molecule has 2 heterocycles. The number of halogens is 1. The summed E-state index contributed by atoms with van der Waals surface area (Å²) in [5.74, 6) is 0. The Morgan fingerprint density at radius 3 is 2.89 bits per heavy atom. The Bertz CT molecular complexity index is 675.